The average molecular weight is 443 g/mol. The summed E-state index contributed by atoms with van der Waals surface area (Å²) in [5.74, 6) is -0.694. The van der Waals surface area contributed by atoms with Gasteiger partial charge in [-0.15, -0.1) is 0 Å². The van der Waals surface area contributed by atoms with Gasteiger partial charge in [-0.3, -0.25) is 9.59 Å². The lowest BCUT2D eigenvalue weighted by Crippen LogP contribution is -2.54. The van der Waals surface area contributed by atoms with E-state index in [4.69, 9.17) is 0 Å². The van der Waals surface area contributed by atoms with Gasteiger partial charge in [-0.05, 0) is 43.5 Å². The van der Waals surface area contributed by atoms with Crippen LogP contribution >= 0.6 is 0 Å². The molecule has 2 aliphatic rings. The molecule has 2 fully saturated rings. The molecule has 2 heterocycles. The number of anilines is 1. The molecule has 0 aromatic heterocycles. The van der Waals surface area contributed by atoms with Gasteiger partial charge < -0.3 is 19.4 Å². The van der Waals surface area contributed by atoms with Crippen molar-refractivity contribution in [3.05, 3.63) is 59.7 Å². The summed E-state index contributed by atoms with van der Waals surface area (Å²) in [7, 11) is 0. The number of aryl methyl sites for hydroxylation is 1. The van der Waals surface area contributed by atoms with Crippen molar-refractivity contribution in [3.8, 4) is 5.75 Å². The highest BCUT2D eigenvalue weighted by Gasteiger charge is 2.38. The van der Waals surface area contributed by atoms with Gasteiger partial charge in [0.2, 0.25) is 5.91 Å². The Balaban J connectivity index is 1.43. The maximum atomic E-state index is 13.3. The van der Waals surface area contributed by atoms with Gasteiger partial charge in [-0.2, -0.15) is 8.78 Å². The van der Waals surface area contributed by atoms with E-state index in [1.54, 1.807) is 6.07 Å². The van der Waals surface area contributed by atoms with Crippen LogP contribution in [-0.2, 0) is 4.79 Å². The first-order chi connectivity index (χ1) is 15.5. The summed E-state index contributed by atoms with van der Waals surface area (Å²) in [6.07, 6.45) is 1.27. The minimum absolute atomic E-state index is 0.0527. The Hall–Kier alpha value is -3.16. The van der Waals surface area contributed by atoms with Crippen LogP contribution in [-0.4, -0.2) is 67.0 Å². The van der Waals surface area contributed by atoms with E-state index in [0.717, 1.165) is 13.1 Å². The summed E-state index contributed by atoms with van der Waals surface area (Å²) in [4.78, 5) is 32.0. The second-order valence-corrected chi connectivity index (χ2v) is 8.13. The molecule has 8 heteroatoms. The molecule has 2 aromatic carbocycles. The molecule has 0 spiro atoms. The fourth-order valence-corrected chi connectivity index (χ4v) is 4.56. The van der Waals surface area contributed by atoms with Crippen LogP contribution in [0.25, 0.3) is 0 Å². The van der Waals surface area contributed by atoms with E-state index in [1.165, 1.54) is 34.3 Å². The summed E-state index contributed by atoms with van der Waals surface area (Å²) < 4.78 is 30.0. The number of amides is 2. The Morgan fingerprint density at radius 2 is 1.66 bits per heavy atom. The highest BCUT2D eigenvalue weighted by molar-refractivity contribution is 6.00. The molecular formula is C24H27F2N3O3. The largest absolute Gasteiger partial charge is 0.434 e. The number of ether oxygens (including phenoxy) is 1. The van der Waals surface area contributed by atoms with E-state index < -0.39 is 18.6 Å². The van der Waals surface area contributed by atoms with Crippen LogP contribution in [0.15, 0.2) is 48.5 Å². The fourth-order valence-electron chi connectivity index (χ4n) is 4.56. The van der Waals surface area contributed by atoms with Crippen molar-refractivity contribution in [2.24, 2.45) is 0 Å². The standard InChI is InChI=1S/C24H27F2N3O3/c1-17-7-2-4-9-19(17)27-13-15-28(16-14-27)23(31)20-10-6-12-29(20)22(30)18-8-3-5-11-21(18)32-24(25)26/h2-5,7-9,11,20,24H,6,10,12-16H2,1H3. The molecule has 0 radical (unpaired) electrons. The molecule has 32 heavy (non-hydrogen) atoms. The van der Waals surface area contributed by atoms with E-state index >= 15 is 0 Å². The van der Waals surface area contributed by atoms with Crippen LogP contribution < -0.4 is 9.64 Å². The van der Waals surface area contributed by atoms with Gasteiger partial charge in [0.15, 0.2) is 0 Å². The van der Waals surface area contributed by atoms with E-state index in [0.29, 0.717) is 32.5 Å². The maximum Gasteiger partial charge on any atom is 0.387 e. The number of halogens is 2. The van der Waals surface area contributed by atoms with Gasteiger partial charge in [0.1, 0.15) is 11.8 Å². The second kappa shape index (κ2) is 9.54. The number of likely N-dealkylation sites (tertiary alicyclic amines) is 1. The summed E-state index contributed by atoms with van der Waals surface area (Å²) >= 11 is 0. The van der Waals surface area contributed by atoms with Gasteiger partial charge >= 0.3 is 6.61 Å². The van der Waals surface area contributed by atoms with E-state index in [-0.39, 0.29) is 17.2 Å². The third-order valence-electron chi connectivity index (χ3n) is 6.18. The molecular weight excluding hydrogens is 416 g/mol. The topological polar surface area (TPSA) is 53.1 Å². The smallest absolute Gasteiger partial charge is 0.387 e. The Morgan fingerprint density at radius 3 is 2.38 bits per heavy atom. The van der Waals surface area contributed by atoms with Gasteiger partial charge in [0, 0.05) is 38.4 Å². The Morgan fingerprint density at radius 1 is 0.969 bits per heavy atom. The Labute approximate surface area is 186 Å². The van der Waals surface area contributed by atoms with Crippen molar-refractivity contribution in [2.45, 2.75) is 32.4 Å². The second-order valence-electron chi connectivity index (χ2n) is 8.13. The lowest BCUT2D eigenvalue weighted by molar-refractivity contribution is -0.135. The van der Waals surface area contributed by atoms with Gasteiger partial charge in [-0.25, -0.2) is 0 Å². The third kappa shape index (κ3) is 4.54. The average Bonchev–Trinajstić information content (AvgIpc) is 3.28. The molecule has 1 unspecified atom stereocenters. The Kier molecular flexibility index (Phi) is 6.58. The predicted molar refractivity (Wildman–Crippen MR) is 117 cm³/mol. The normalized spacial score (nSPS) is 18.9. The van der Waals surface area contributed by atoms with Crippen molar-refractivity contribution >= 4 is 17.5 Å². The summed E-state index contributed by atoms with van der Waals surface area (Å²) in [5, 5.41) is 0. The van der Waals surface area contributed by atoms with Crippen LogP contribution in [0.1, 0.15) is 28.8 Å². The van der Waals surface area contributed by atoms with Crippen molar-refractivity contribution in [2.75, 3.05) is 37.6 Å². The number of rotatable bonds is 5. The number of nitrogens with zero attached hydrogens (tertiary/aromatic N) is 3. The lowest BCUT2D eigenvalue weighted by atomic mass is 10.1. The van der Waals surface area contributed by atoms with E-state index in [1.807, 2.05) is 17.0 Å². The predicted octanol–water partition coefficient (Wildman–Crippen LogP) is 3.55. The molecule has 2 amide bonds. The molecule has 0 N–H and O–H groups in total. The zero-order valence-corrected chi connectivity index (χ0v) is 18.0. The number of carbonyl (C=O) groups excluding carboxylic acids is 2. The van der Waals surface area contributed by atoms with Crippen molar-refractivity contribution in [3.63, 3.8) is 0 Å². The molecule has 2 aromatic rings. The number of piperazine rings is 1. The molecule has 0 bridgehead atoms. The third-order valence-corrected chi connectivity index (χ3v) is 6.18. The molecule has 2 aliphatic heterocycles. The molecule has 0 aliphatic carbocycles. The zero-order valence-electron chi connectivity index (χ0n) is 18.0. The molecule has 6 nitrogen and oxygen atoms in total. The molecule has 0 saturated carbocycles. The van der Waals surface area contributed by atoms with E-state index in [2.05, 4.69) is 28.7 Å². The first-order valence-corrected chi connectivity index (χ1v) is 10.9. The molecule has 1 atom stereocenters. The highest BCUT2D eigenvalue weighted by Crippen LogP contribution is 2.28. The van der Waals surface area contributed by atoms with Gasteiger partial charge in [0.25, 0.3) is 5.91 Å². The summed E-state index contributed by atoms with van der Waals surface area (Å²) in [6, 6.07) is 13.5. The monoisotopic (exact) mass is 443 g/mol. The first-order valence-electron chi connectivity index (χ1n) is 10.9. The highest BCUT2D eigenvalue weighted by atomic mass is 19.3. The number of alkyl halides is 2. The molecule has 2 saturated heterocycles. The number of benzene rings is 2. The van der Waals surface area contributed by atoms with Crippen LogP contribution in [0, 0.1) is 6.92 Å². The molecule has 170 valence electrons. The van der Waals surface area contributed by atoms with Crippen LogP contribution in [0.5, 0.6) is 5.75 Å². The fraction of sp³-hybridized carbons (Fsp3) is 0.417. The van der Waals surface area contributed by atoms with Crippen LogP contribution in [0.3, 0.4) is 0 Å². The summed E-state index contributed by atoms with van der Waals surface area (Å²) in [6.45, 7) is 2.08. The number of carbonyl (C=O) groups is 2. The lowest BCUT2D eigenvalue weighted by Gasteiger charge is -2.38. The van der Waals surface area contributed by atoms with Crippen molar-refractivity contribution in [1.29, 1.82) is 0 Å². The number of hydrogen-bond acceptors (Lipinski definition) is 4. The minimum Gasteiger partial charge on any atom is -0.434 e. The van der Waals surface area contributed by atoms with Gasteiger partial charge in [-0.1, -0.05) is 30.3 Å². The van der Waals surface area contributed by atoms with Crippen LogP contribution in [0.2, 0.25) is 0 Å². The SMILES string of the molecule is Cc1ccccc1N1CCN(C(=O)C2CCCN2C(=O)c2ccccc2OC(F)F)CC1. The van der Waals surface area contributed by atoms with Crippen LogP contribution in [0.4, 0.5) is 14.5 Å². The zero-order chi connectivity index (χ0) is 22.7. The minimum atomic E-state index is -3.02. The number of para-hydroxylation sites is 2. The quantitative estimate of drug-likeness (QED) is 0.709. The van der Waals surface area contributed by atoms with Crippen molar-refractivity contribution < 1.29 is 23.1 Å². The number of hydrogen-bond donors (Lipinski definition) is 0. The van der Waals surface area contributed by atoms with E-state index in [9.17, 15) is 18.4 Å². The molecule has 4 rings (SSSR count). The Bertz CT molecular complexity index is 976. The first kappa shape index (κ1) is 22.0. The summed E-state index contributed by atoms with van der Waals surface area (Å²) in [5.41, 5.74) is 2.43. The maximum absolute atomic E-state index is 13.3. The van der Waals surface area contributed by atoms with Crippen molar-refractivity contribution in [1.82, 2.24) is 9.80 Å². The van der Waals surface area contributed by atoms with Gasteiger partial charge in [0.05, 0.1) is 5.56 Å².